The second-order valence-electron chi connectivity index (χ2n) is 4.05. The fourth-order valence-corrected chi connectivity index (χ4v) is 1.40. The van der Waals surface area contributed by atoms with E-state index >= 15 is 0 Å². The molecular formula is C13H21NO2. The molecule has 0 aliphatic heterocycles. The summed E-state index contributed by atoms with van der Waals surface area (Å²) in [6.45, 7) is 6.03. The predicted molar refractivity (Wildman–Crippen MR) is 65.4 cm³/mol. The Morgan fingerprint density at radius 3 is 2.56 bits per heavy atom. The van der Waals surface area contributed by atoms with Crippen LogP contribution in [0.2, 0.25) is 0 Å². The van der Waals surface area contributed by atoms with Crippen molar-refractivity contribution in [2.75, 3.05) is 19.7 Å². The molecule has 16 heavy (non-hydrogen) atoms. The Kier molecular flexibility index (Phi) is 6.08. The van der Waals surface area contributed by atoms with E-state index in [-0.39, 0.29) is 6.10 Å². The SMILES string of the molecule is CC(C)OCCNCC(O)c1ccccc1. The van der Waals surface area contributed by atoms with E-state index in [1.165, 1.54) is 0 Å². The van der Waals surface area contributed by atoms with Crippen molar-refractivity contribution >= 4 is 0 Å². The van der Waals surface area contributed by atoms with Crippen LogP contribution in [0.15, 0.2) is 30.3 Å². The summed E-state index contributed by atoms with van der Waals surface area (Å²) in [7, 11) is 0. The third-order valence-electron chi connectivity index (χ3n) is 2.25. The van der Waals surface area contributed by atoms with Crippen molar-refractivity contribution in [3.05, 3.63) is 35.9 Å². The molecule has 0 fully saturated rings. The number of benzene rings is 1. The van der Waals surface area contributed by atoms with Crippen LogP contribution in [0.5, 0.6) is 0 Å². The van der Waals surface area contributed by atoms with Gasteiger partial charge in [-0.2, -0.15) is 0 Å². The van der Waals surface area contributed by atoms with Crippen molar-refractivity contribution in [1.82, 2.24) is 5.32 Å². The van der Waals surface area contributed by atoms with Crippen LogP contribution in [-0.2, 0) is 4.74 Å². The van der Waals surface area contributed by atoms with E-state index in [9.17, 15) is 5.11 Å². The zero-order chi connectivity index (χ0) is 11.8. The van der Waals surface area contributed by atoms with Crippen molar-refractivity contribution < 1.29 is 9.84 Å². The topological polar surface area (TPSA) is 41.5 Å². The first-order valence-electron chi connectivity index (χ1n) is 5.75. The lowest BCUT2D eigenvalue weighted by Gasteiger charge is -2.13. The molecule has 3 nitrogen and oxygen atoms in total. The van der Waals surface area contributed by atoms with E-state index in [0.717, 1.165) is 12.1 Å². The molecule has 1 atom stereocenters. The van der Waals surface area contributed by atoms with Gasteiger partial charge in [-0.05, 0) is 19.4 Å². The van der Waals surface area contributed by atoms with Crippen molar-refractivity contribution in [2.24, 2.45) is 0 Å². The van der Waals surface area contributed by atoms with Gasteiger partial charge in [-0.3, -0.25) is 0 Å². The molecule has 1 aromatic carbocycles. The Hall–Kier alpha value is -0.900. The summed E-state index contributed by atoms with van der Waals surface area (Å²) in [6.07, 6.45) is -0.180. The summed E-state index contributed by atoms with van der Waals surface area (Å²) in [4.78, 5) is 0. The van der Waals surface area contributed by atoms with Gasteiger partial charge in [-0.1, -0.05) is 30.3 Å². The molecule has 0 aliphatic carbocycles. The molecule has 0 aromatic heterocycles. The van der Waals surface area contributed by atoms with Gasteiger partial charge in [0.25, 0.3) is 0 Å². The molecule has 1 unspecified atom stereocenters. The number of hydrogen-bond acceptors (Lipinski definition) is 3. The minimum Gasteiger partial charge on any atom is -0.387 e. The highest BCUT2D eigenvalue weighted by Crippen LogP contribution is 2.10. The average molecular weight is 223 g/mol. The van der Waals surface area contributed by atoms with Crippen molar-refractivity contribution in [3.8, 4) is 0 Å². The molecule has 0 radical (unpaired) electrons. The largest absolute Gasteiger partial charge is 0.387 e. The maximum absolute atomic E-state index is 9.83. The van der Waals surface area contributed by atoms with Crippen LogP contribution in [0.1, 0.15) is 25.5 Å². The number of hydrogen-bond donors (Lipinski definition) is 2. The van der Waals surface area contributed by atoms with Crippen LogP contribution in [0.25, 0.3) is 0 Å². The summed E-state index contributed by atoms with van der Waals surface area (Å²) in [5, 5.41) is 13.0. The van der Waals surface area contributed by atoms with Gasteiger partial charge in [0.1, 0.15) is 0 Å². The first kappa shape index (κ1) is 13.2. The number of aliphatic hydroxyl groups is 1. The molecule has 0 saturated carbocycles. The highest BCUT2D eigenvalue weighted by atomic mass is 16.5. The third-order valence-corrected chi connectivity index (χ3v) is 2.25. The van der Waals surface area contributed by atoms with Gasteiger partial charge in [-0.15, -0.1) is 0 Å². The molecule has 0 heterocycles. The Morgan fingerprint density at radius 2 is 1.94 bits per heavy atom. The van der Waals surface area contributed by atoms with E-state index in [1.54, 1.807) is 0 Å². The second-order valence-corrected chi connectivity index (χ2v) is 4.05. The fraction of sp³-hybridized carbons (Fsp3) is 0.538. The minimum absolute atomic E-state index is 0.265. The van der Waals surface area contributed by atoms with E-state index in [4.69, 9.17) is 4.74 Å². The van der Waals surface area contributed by atoms with Gasteiger partial charge in [0, 0.05) is 13.1 Å². The Labute approximate surface area is 97.4 Å². The quantitative estimate of drug-likeness (QED) is 0.692. The van der Waals surface area contributed by atoms with Crippen molar-refractivity contribution in [1.29, 1.82) is 0 Å². The van der Waals surface area contributed by atoms with E-state index in [1.807, 2.05) is 44.2 Å². The van der Waals surface area contributed by atoms with Crippen LogP contribution in [0.4, 0.5) is 0 Å². The lowest BCUT2D eigenvalue weighted by atomic mass is 10.1. The number of ether oxygens (including phenoxy) is 1. The molecule has 0 amide bonds. The van der Waals surface area contributed by atoms with Crippen LogP contribution in [0, 0.1) is 0 Å². The molecule has 0 saturated heterocycles. The molecule has 3 heteroatoms. The molecule has 1 aromatic rings. The zero-order valence-electron chi connectivity index (χ0n) is 10.0. The summed E-state index contributed by atoms with van der Waals surface area (Å²) < 4.78 is 5.39. The number of aliphatic hydroxyl groups excluding tert-OH is 1. The smallest absolute Gasteiger partial charge is 0.0914 e. The minimum atomic E-state index is -0.444. The van der Waals surface area contributed by atoms with Gasteiger partial charge in [-0.25, -0.2) is 0 Å². The van der Waals surface area contributed by atoms with Crippen LogP contribution in [-0.4, -0.2) is 30.9 Å². The summed E-state index contributed by atoms with van der Waals surface area (Å²) in [5.41, 5.74) is 0.944. The highest BCUT2D eigenvalue weighted by Gasteiger charge is 2.05. The maximum atomic E-state index is 9.83. The lowest BCUT2D eigenvalue weighted by molar-refractivity contribution is 0.0781. The molecule has 2 N–H and O–H groups in total. The number of rotatable bonds is 7. The maximum Gasteiger partial charge on any atom is 0.0914 e. The molecule has 0 aliphatic rings. The molecule has 0 spiro atoms. The monoisotopic (exact) mass is 223 g/mol. The van der Waals surface area contributed by atoms with Gasteiger partial charge in [0.15, 0.2) is 0 Å². The number of nitrogens with one attached hydrogen (secondary N) is 1. The average Bonchev–Trinajstić information content (AvgIpc) is 2.29. The van der Waals surface area contributed by atoms with Crippen LogP contribution >= 0.6 is 0 Å². The fourth-order valence-electron chi connectivity index (χ4n) is 1.40. The third kappa shape index (κ3) is 5.26. The summed E-state index contributed by atoms with van der Waals surface area (Å²) in [5.74, 6) is 0. The van der Waals surface area contributed by atoms with E-state index in [2.05, 4.69) is 5.32 Å². The van der Waals surface area contributed by atoms with Crippen LogP contribution in [0.3, 0.4) is 0 Å². The Morgan fingerprint density at radius 1 is 1.25 bits per heavy atom. The van der Waals surface area contributed by atoms with Crippen LogP contribution < -0.4 is 5.32 Å². The first-order valence-corrected chi connectivity index (χ1v) is 5.75. The molecule has 1 rings (SSSR count). The summed E-state index contributed by atoms with van der Waals surface area (Å²) >= 11 is 0. The van der Waals surface area contributed by atoms with E-state index < -0.39 is 6.10 Å². The zero-order valence-corrected chi connectivity index (χ0v) is 10.0. The van der Waals surface area contributed by atoms with Crippen molar-refractivity contribution in [2.45, 2.75) is 26.1 Å². The van der Waals surface area contributed by atoms with Gasteiger partial charge in [0.2, 0.25) is 0 Å². The summed E-state index contributed by atoms with van der Waals surface area (Å²) in [6, 6.07) is 9.66. The van der Waals surface area contributed by atoms with Gasteiger partial charge < -0.3 is 15.2 Å². The van der Waals surface area contributed by atoms with E-state index in [0.29, 0.717) is 13.2 Å². The molecule has 0 bridgehead atoms. The second kappa shape index (κ2) is 7.39. The Bertz CT molecular complexity index is 275. The standard InChI is InChI=1S/C13H21NO2/c1-11(2)16-9-8-14-10-13(15)12-6-4-3-5-7-12/h3-7,11,13-15H,8-10H2,1-2H3. The molecular weight excluding hydrogens is 202 g/mol. The normalized spacial score (nSPS) is 13.0. The van der Waals surface area contributed by atoms with Crippen molar-refractivity contribution in [3.63, 3.8) is 0 Å². The molecule has 90 valence electrons. The lowest BCUT2D eigenvalue weighted by Crippen LogP contribution is -2.26. The first-order chi connectivity index (χ1) is 7.70. The van der Waals surface area contributed by atoms with Gasteiger partial charge >= 0.3 is 0 Å². The predicted octanol–water partition coefficient (Wildman–Crippen LogP) is 1.73. The van der Waals surface area contributed by atoms with Gasteiger partial charge in [0.05, 0.1) is 18.8 Å². The Balaban J connectivity index is 2.14. The highest BCUT2D eigenvalue weighted by molar-refractivity contribution is 5.17.